The highest BCUT2D eigenvalue weighted by atomic mass is 19.1. The van der Waals surface area contributed by atoms with Crippen molar-refractivity contribution in [3.05, 3.63) is 82.5 Å². The predicted octanol–water partition coefficient (Wildman–Crippen LogP) is 4.54. The molecule has 4 aromatic rings. The molecule has 0 spiro atoms. The molecular formula is C21H13FO4. The number of hydrogen-bond donors (Lipinski definition) is 0. The summed E-state index contributed by atoms with van der Waals surface area (Å²) >= 11 is 0. The van der Waals surface area contributed by atoms with Gasteiger partial charge in [0.05, 0.1) is 18.1 Å². The minimum atomic E-state index is -0.547. The molecule has 0 fully saturated rings. The van der Waals surface area contributed by atoms with Crippen molar-refractivity contribution < 1.29 is 18.3 Å². The molecule has 0 bridgehead atoms. The van der Waals surface area contributed by atoms with Crippen LogP contribution in [0.15, 0.2) is 69.9 Å². The van der Waals surface area contributed by atoms with Gasteiger partial charge in [0.25, 0.3) is 0 Å². The van der Waals surface area contributed by atoms with Gasteiger partial charge < -0.3 is 9.15 Å². The van der Waals surface area contributed by atoms with Crippen LogP contribution >= 0.6 is 0 Å². The van der Waals surface area contributed by atoms with Crippen molar-refractivity contribution in [1.29, 1.82) is 0 Å². The number of halogens is 1. The van der Waals surface area contributed by atoms with Gasteiger partial charge in [-0.15, -0.1) is 0 Å². The van der Waals surface area contributed by atoms with Gasteiger partial charge in [0.1, 0.15) is 11.4 Å². The fourth-order valence-electron chi connectivity index (χ4n) is 3.11. The van der Waals surface area contributed by atoms with Crippen LogP contribution in [0.5, 0.6) is 0 Å². The van der Waals surface area contributed by atoms with Crippen LogP contribution < -0.4 is 5.63 Å². The van der Waals surface area contributed by atoms with E-state index in [1.807, 2.05) is 30.3 Å². The minimum Gasteiger partial charge on any atom is -0.465 e. The van der Waals surface area contributed by atoms with E-state index in [-0.39, 0.29) is 11.1 Å². The topological polar surface area (TPSA) is 56.5 Å². The molecule has 0 atom stereocenters. The van der Waals surface area contributed by atoms with Gasteiger partial charge in [-0.3, -0.25) is 0 Å². The first-order chi connectivity index (χ1) is 12.6. The zero-order valence-corrected chi connectivity index (χ0v) is 13.8. The minimum absolute atomic E-state index is 0.255. The number of methoxy groups -OCH3 is 1. The van der Waals surface area contributed by atoms with Crippen LogP contribution in [-0.4, -0.2) is 13.1 Å². The standard InChI is InChI=1S/C21H13FO4/c1-25-20(23)13-9-15(12-5-3-2-4-6-12)19-17(10-13)16-11-14(22)7-8-18(16)26-21(19)24/h2-11H,1H3. The van der Waals surface area contributed by atoms with Gasteiger partial charge >= 0.3 is 11.6 Å². The highest BCUT2D eigenvalue weighted by molar-refractivity contribution is 6.12. The Morgan fingerprint density at radius 2 is 1.77 bits per heavy atom. The lowest BCUT2D eigenvalue weighted by atomic mass is 9.95. The van der Waals surface area contributed by atoms with E-state index < -0.39 is 17.4 Å². The Balaban J connectivity index is 2.22. The number of rotatable bonds is 2. The van der Waals surface area contributed by atoms with Crippen LogP contribution in [0.4, 0.5) is 4.39 Å². The molecule has 0 amide bonds. The number of ether oxygens (including phenoxy) is 1. The molecule has 128 valence electrons. The lowest BCUT2D eigenvalue weighted by Gasteiger charge is -2.11. The van der Waals surface area contributed by atoms with Gasteiger partial charge in [-0.25, -0.2) is 14.0 Å². The molecule has 3 aromatic carbocycles. The van der Waals surface area contributed by atoms with Crippen molar-refractivity contribution in [2.24, 2.45) is 0 Å². The quantitative estimate of drug-likeness (QED) is 0.303. The maximum atomic E-state index is 13.8. The Morgan fingerprint density at radius 1 is 1.00 bits per heavy atom. The van der Waals surface area contributed by atoms with E-state index in [9.17, 15) is 14.0 Å². The first-order valence-electron chi connectivity index (χ1n) is 7.92. The fraction of sp³-hybridized carbons (Fsp3) is 0.0476. The lowest BCUT2D eigenvalue weighted by molar-refractivity contribution is 0.0601. The molecule has 4 nitrogen and oxygen atoms in total. The number of carbonyl (C=O) groups excluding carboxylic acids is 1. The highest BCUT2D eigenvalue weighted by Crippen LogP contribution is 2.32. The summed E-state index contributed by atoms with van der Waals surface area (Å²) in [5.74, 6) is -1.00. The molecule has 1 aromatic heterocycles. The molecule has 0 radical (unpaired) electrons. The van der Waals surface area contributed by atoms with Crippen LogP contribution in [0.1, 0.15) is 10.4 Å². The normalized spacial score (nSPS) is 11.0. The van der Waals surface area contributed by atoms with Crippen molar-refractivity contribution in [2.45, 2.75) is 0 Å². The average Bonchev–Trinajstić information content (AvgIpc) is 2.68. The van der Waals surface area contributed by atoms with Crippen molar-refractivity contribution in [1.82, 2.24) is 0 Å². The molecule has 0 N–H and O–H groups in total. The van der Waals surface area contributed by atoms with Crippen LogP contribution in [0.25, 0.3) is 32.9 Å². The third-order valence-electron chi connectivity index (χ3n) is 4.28. The molecule has 0 aliphatic rings. The van der Waals surface area contributed by atoms with Crippen LogP contribution in [0.3, 0.4) is 0 Å². The van der Waals surface area contributed by atoms with E-state index in [2.05, 4.69) is 0 Å². The van der Waals surface area contributed by atoms with Gasteiger partial charge in [-0.1, -0.05) is 30.3 Å². The maximum absolute atomic E-state index is 13.8. The van der Waals surface area contributed by atoms with Crippen LogP contribution in [0.2, 0.25) is 0 Å². The van der Waals surface area contributed by atoms with Crippen molar-refractivity contribution in [2.75, 3.05) is 7.11 Å². The Hall–Kier alpha value is -3.47. The zero-order chi connectivity index (χ0) is 18.3. The van der Waals surface area contributed by atoms with E-state index in [0.717, 1.165) is 5.56 Å². The SMILES string of the molecule is COC(=O)c1cc(-c2ccccc2)c2c(=O)oc3ccc(F)cc3c2c1. The third kappa shape index (κ3) is 2.54. The Kier molecular flexibility index (Phi) is 3.77. The highest BCUT2D eigenvalue weighted by Gasteiger charge is 2.18. The second-order valence-electron chi connectivity index (χ2n) is 5.83. The first-order valence-corrected chi connectivity index (χ1v) is 7.92. The molecule has 0 aliphatic carbocycles. The lowest BCUT2D eigenvalue weighted by Crippen LogP contribution is -2.06. The molecule has 0 saturated carbocycles. The Morgan fingerprint density at radius 3 is 2.50 bits per heavy atom. The van der Waals surface area contributed by atoms with E-state index >= 15 is 0 Å². The Bertz CT molecular complexity index is 1210. The molecule has 5 heteroatoms. The summed E-state index contributed by atoms with van der Waals surface area (Å²) in [6, 6.07) is 16.2. The van der Waals surface area contributed by atoms with Crippen molar-refractivity contribution in [3.8, 4) is 11.1 Å². The third-order valence-corrected chi connectivity index (χ3v) is 4.28. The summed E-state index contributed by atoms with van der Waals surface area (Å²) in [6.45, 7) is 0. The maximum Gasteiger partial charge on any atom is 0.344 e. The second kappa shape index (κ2) is 6.11. The van der Waals surface area contributed by atoms with Crippen molar-refractivity contribution >= 4 is 27.7 Å². The largest absolute Gasteiger partial charge is 0.465 e. The summed E-state index contributed by atoms with van der Waals surface area (Å²) in [5.41, 5.74) is 1.25. The van der Waals surface area contributed by atoms with Gasteiger partial charge in [0.2, 0.25) is 0 Å². The molecule has 0 aliphatic heterocycles. The molecular weight excluding hydrogens is 335 g/mol. The van der Waals surface area contributed by atoms with Gasteiger partial charge in [-0.05, 0) is 41.5 Å². The van der Waals surface area contributed by atoms with E-state index in [0.29, 0.717) is 21.7 Å². The smallest absolute Gasteiger partial charge is 0.344 e. The molecule has 0 saturated heterocycles. The average molecular weight is 348 g/mol. The summed E-state index contributed by atoms with van der Waals surface area (Å²) < 4.78 is 24.0. The van der Waals surface area contributed by atoms with Gasteiger partial charge in [0, 0.05) is 10.8 Å². The second-order valence-corrected chi connectivity index (χ2v) is 5.83. The number of benzene rings is 3. The molecule has 4 rings (SSSR count). The Labute approximate surface area is 147 Å². The fourth-order valence-corrected chi connectivity index (χ4v) is 3.11. The first kappa shape index (κ1) is 16.0. The van der Waals surface area contributed by atoms with E-state index in [1.54, 1.807) is 6.07 Å². The molecule has 26 heavy (non-hydrogen) atoms. The van der Waals surface area contributed by atoms with Gasteiger partial charge in [-0.2, -0.15) is 0 Å². The molecule has 1 heterocycles. The van der Waals surface area contributed by atoms with Crippen LogP contribution in [0, 0.1) is 5.82 Å². The van der Waals surface area contributed by atoms with Crippen molar-refractivity contribution in [3.63, 3.8) is 0 Å². The predicted molar refractivity (Wildman–Crippen MR) is 96.7 cm³/mol. The monoisotopic (exact) mass is 348 g/mol. The van der Waals surface area contributed by atoms with E-state index in [4.69, 9.17) is 9.15 Å². The number of fused-ring (bicyclic) bond motifs is 3. The van der Waals surface area contributed by atoms with E-state index in [1.165, 1.54) is 31.4 Å². The zero-order valence-electron chi connectivity index (χ0n) is 13.8. The van der Waals surface area contributed by atoms with Gasteiger partial charge in [0.15, 0.2) is 0 Å². The summed E-state index contributed by atoms with van der Waals surface area (Å²) in [7, 11) is 1.28. The number of carbonyl (C=O) groups is 1. The summed E-state index contributed by atoms with van der Waals surface area (Å²) in [4.78, 5) is 24.8. The summed E-state index contributed by atoms with van der Waals surface area (Å²) in [6.07, 6.45) is 0. The van der Waals surface area contributed by atoms with Crippen LogP contribution in [-0.2, 0) is 4.74 Å². The number of hydrogen-bond acceptors (Lipinski definition) is 4. The molecule has 0 unspecified atom stereocenters. The number of esters is 1. The summed E-state index contributed by atoms with van der Waals surface area (Å²) in [5, 5.41) is 1.15.